The molecule has 1 unspecified atom stereocenters. The van der Waals surface area contributed by atoms with Gasteiger partial charge in [0.25, 0.3) is 0 Å². The standard InChI is InChI=1S/C32H20Cl4N2O4/c33-21-7-4-18(27(35)13-21)6-11-30(39)41-24-9-10-25-29(15-24)42-32(38)26(16-37)31(25)19-2-1-3-23(12-19)40-17-20-5-8-22(34)14-28(20)36/h1-15,31H,17,38H2/b11-6+. The van der Waals surface area contributed by atoms with Crippen LogP contribution in [-0.2, 0) is 11.4 Å². The molecule has 4 aromatic carbocycles. The first kappa shape index (κ1) is 29.4. The van der Waals surface area contributed by atoms with Crippen LogP contribution in [0.3, 0.4) is 0 Å². The van der Waals surface area contributed by atoms with Gasteiger partial charge >= 0.3 is 5.97 Å². The van der Waals surface area contributed by atoms with Crippen molar-refractivity contribution in [3.05, 3.63) is 139 Å². The summed E-state index contributed by atoms with van der Waals surface area (Å²) in [5.74, 6) is -0.0610. The molecule has 5 rings (SSSR count). The molecule has 2 N–H and O–H groups in total. The molecule has 4 aromatic rings. The number of hydrogen-bond acceptors (Lipinski definition) is 6. The third-order valence-electron chi connectivity index (χ3n) is 6.37. The third-order valence-corrected chi connectivity index (χ3v) is 7.52. The van der Waals surface area contributed by atoms with Crippen LogP contribution in [0.15, 0.2) is 96.4 Å². The van der Waals surface area contributed by atoms with Gasteiger partial charge in [-0.2, -0.15) is 5.26 Å². The van der Waals surface area contributed by atoms with Gasteiger partial charge < -0.3 is 19.9 Å². The van der Waals surface area contributed by atoms with E-state index in [1.165, 1.54) is 12.2 Å². The van der Waals surface area contributed by atoms with E-state index in [2.05, 4.69) is 6.07 Å². The summed E-state index contributed by atoms with van der Waals surface area (Å²) in [7, 11) is 0. The van der Waals surface area contributed by atoms with Crippen molar-refractivity contribution in [1.82, 2.24) is 0 Å². The average molecular weight is 638 g/mol. The van der Waals surface area contributed by atoms with Gasteiger partial charge in [0.1, 0.15) is 35.5 Å². The van der Waals surface area contributed by atoms with E-state index in [-0.39, 0.29) is 23.8 Å². The summed E-state index contributed by atoms with van der Waals surface area (Å²) in [5.41, 5.74) is 9.21. The SMILES string of the molecule is N#CC1=C(N)Oc2cc(OC(=O)/C=C/c3ccc(Cl)cc3Cl)ccc2C1c1cccc(OCc2ccc(Cl)cc2Cl)c1. The van der Waals surface area contributed by atoms with Gasteiger partial charge in [0, 0.05) is 43.4 Å². The summed E-state index contributed by atoms with van der Waals surface area (Å²) in [4.78, 5) is 12.5. The molecule has 0 spiro atoms. The molecule has 0 aliphatic carbocycles. The number of nitrogens with zero attached hydrogens (tertiary/aromatic N) is 1. The number of hydrogen-bond donors (Lipinski definition) is 1. The number of nitrogens with two attached hydrogens (primary N) is 1. The average Bonchev–Trinajstić information content (AvgIpc) is 2.95. The van der Waals surface area contributed by atoms with E-state index >= 15 is 0 Å². The van der Waals surface area contributed by atoms with E-state index in [1.807, 2.05) is 18.2 Å². The number of fused-ring (bicyclic) bond motifs is 1. The lowest BCUT2D eigenvalue weighted by Crippen LogP contribution is -2.21. The van der Waals surface area contributed by atoms with E-state index in [4.69, 9.17) is 66.3 Å². The van der Waals surface area contributed by atoms with Gasteiger partial charge in [0.05, 0.1) is 5.92 Å². The van der Waals surface area contributed by atoms with Crippen molar-refractivity contribution in [2.45, 2.75) is 12.5 Å². The molecule has 0 fully saturated rings. The van der Waals surface area contributed by atoms with Crippen LogP contribution in [0.2, 0.25) is 20.1 Å². The number of halogens is 4. The third kappa shape index (κ3) is 6.67. The minimum Gasteiger partial charge on any atom is -0.489 e. The van der Waals surface area contributed by atoms with Crippen molar-refractivity contribution >= 4 is 58.4 Å². The summed E-state index contributed by atoms with van der Waals surface area (Å²) in [6.45, 7) is 0.223. The van der Waals surface area contributed by atoms with Crippen LogP contribution in [0.4, 0.5) is 0 Å². The van der Waals surface area contributed by atoms with Gasteiger partial charge in [-0.25, -0.2) is 4.79 Å². The van der Waals surface area contributed by atoms with Crippen LogP contribution in [0, 0.1) is 11.3 Å². The number of ether oxygens (including phenoxy) is 3. The Morgan fingerprint density at radius 2 is 1.69 bits per heavy atom. The lowest BCUT2D eigenvalue weighted by molar-refractivity contribution is -0.128. The molecule has 0 saturated heterocycles. The molecule has 0 bridgehead atoms. The van der Waals surface area contributed by atoms with Crippen molar-refractivity contribution in [1.29, 1.82) is 5.26 Å². The zero-order chi connectivity index (χ0) is 29.8. The van der Waals surface area contributed by atoms with Crippen LogP contribution >= 0.6 is 46.4 Å². The molecule has 0 aromatic heterocycles. The van der Waals surface area contributed by atoms with Crippen molar-refractivity contribution in [2.24, 2.45) is 5.73 Å². The molecule has 1 heterocycles. The Kier molecular flexibility index (Phi) is 8.96. The van der Waals surface area contributed by atoms with Crippen molar-refractivity contribution in [2.75, 3.05) is 0 Å². The van der Waals surface area contributed by atoms with E-state index in [0.717, 1.165) is 11.1 Å². The largest absolute Gasteiger partial charge is 0.489 e. The van der Waals surface area contributed by atoms with Gasteiger partial charge in [0.2, 0.25) is 5.88 Å². The van der Waals surface area contributed by atoms with Gasteiger partial charge in [0.15, 0.2) is 0 Å². The molecule has 1 aliphatic rings. The van der Waals surface area contributed by atoms with Gasteiger partial charge in [-0.3, -0.25) is 0 Å². The molecule has 0 radical (unpaired) electrons. The highest BCUT2D eigenvalue weighted by Crippen LogP contribution is 2.44. The lowest BCUT2D eigenvalue weighted by atomic mass is 9.83. The second-order valence-corrected chi connectivity index (χ2v) is 10.8. The van der Waals surface area contributed by atoms with Crippen LogP contribution in [0.5, 0.6) is 17.2 Å². The lowest BCUT2D eigenvalue weighted by Gasteiger charge is -2.27. The summed E-state index contributed by atoms with van der Waals surface area (Å²) >= 11 is 24.4. The predicted molar refractivity (Wildman–Crippen MR) is 164 cm³/mol. The molecule has 0 amide bonds. The Balaban J connectivity index is 1.37. The Morgan fingerprint density at radius 1 is 0.929 bits per heavy atom. The number of benzene rings is 4. The van der Waals surface area contributed by atoms with Crippen LogP contribution in [-0.4, -0.2) is 5.97 Å². The van der Waals surface area contributed by atoms with Gasteiger partial charge in [-0.15, -0.1) is 0 Å². The summed E-state index contributed by atoms with van der Waals surface area (Å²) in [5, 5.41) is 11.9. The number of carbonyl (C=O) groups excluding carboxylic acids is 1. The molecule has 210 valence electrons. The molecular weight excluding hydrogens is 618 g/mol. The molecule has 1 atom stereocenters. The number of allylic oxidation sites excluding steroid dienone is 1. The Hall–Kier alpha value is -4.12. The fourth-order valence-electron chi connectivity index (χ4n) is 4.37. The van der Waals surface area contributed by atoms with Gasteiger partial charge in [-0.1, -0.05) is 76.7 Å². The van der Waals surface area contributed by atoms with Crippen LogP contribution in [0.25, 0.3) is 6.08 Å². The topological polar surface area (TPSA) is 94.6 Å². The Morgan fingerprint density at radius 3 is 2.43 bits per heavy atom. The zero-order valence-electron chi connectivity index (χ0n) is 21.6. The number of esters is 1. The minimum absolute atomic E-state index is 0.0463. The molecule has 10 heteroatoms. The second kappa shape index (κ2) is 12.8. The summed E-state index contributed by atoms with van der Waals surface area (Å²) < 4.78 is 17.2. The van der Waals surface area contributed by atoms with Crippen molar-refractivity contribution in [3.63, 3.8) is 0 Å². The molecule has 6 nitrogen and oxygen atoms in total. The fourth-order valence-corrected chi connectivity index (χ4v) is 5.31. The first-order valence-corrected chi connectivity index (χ1v) is 14.0. The van der Waals surface area contributed by atoms with Crippen LogP contribution < -0.4 is 19.9 Å². The normalized spacial score (nSPS) is 14.2. The first-order valence-electron chi connectivity index (χ1n) is 12.4. The second-order valence-electron chi connectivity index (χ2n) is 9.14. The predicted octanol–water partition coefficient (Wildman–Crippen LogP) is 8.72. The highest BCUT2D eigenvalue weighted by molar-refractivity contribution is 6.35. The number of carbonyl (C=O) groups is 1. The van der Waals surface area contributed by atoms with E-state index in [9.17, 15) is 10.1 Å². The maximum Gasteiger partial charge on any atom is 0.336 e. The molecule has 0 saturated carbocycles. The van der Waals surface area contributed by atoms with Crippen molar-refractivity contribution in [3.8, 4) is 23.3 Å². The first-order chi connectivity index (χ1) is 20.2. The molecule has 1 aliphatic heterocycles. The summed E-state index contributed by atoms with van der Waals surface area (Å²) in [6.07, 6.45) is 2.78. The number of rotatable bonds is 7. The van der Waals surface area contributed by atoms with E-state index in [1.54, 1.807) is 60.7 Å². The quantitative estimate of drug-likeness (QED) is 0.124. The maximum atomic E-state index is 12.5. The molecule has 42 heavy (non-hydrogen) atoms. The maximum absolute atomic E-state index is 12.5. The Bertz CT molecular complexity index is 1800. The van der Waals surface area contributed by atoms with E-state index in [0.29, 0.717) is 42.7 Å². The highest BCUT2D eigenvalue weighted by atomic mass is 35.5. The van der Waals surface area contributed by atoms with Crippen LogP contribution in [0.1, 0.15) is 28.2 Å². The van der Waals surface area contributed by atoms with Gasteiger partial charge in [-0.05, 0) is 59.7 Å². The fraction of sp³-hybridized carbons (Fsp3) is 0.0625. The monoisotopic (exact) mass is 636 g/mol. The number of nitriles is 1. The zero-order valence-corrected chi connectivity index (χ0v) is 24.6. The smallest absolute Gasteiger partial charge is 0.336 e. The molecular formula is C32H20Cl4N2O4. The van der Waals surface area contributed by atoms with E-state index < -0.39 is 11.9 Å². The Labute approximate surface area is 262 Å². The highest BCUT2D eigenvalue weighted by Gasteiger charge is 2.31. The van der Waals surface area contributed by atoms with Crippen molar-refractivity contribution < 1.29 is 19.0 Å². The summed E-state index contributed by atoms with van der Waals surface area (Å²) in [6, 6.07) is 24.5. The minimum atomic E-state index is -0.625.